The standard InChI is InChI=1S/C58H40O8P2/c1-35-25-28-38(29-26-35)51-33-41-15-6-8-19-44(41)53-54-45-20-9-7-16-42(45)34-52(58(54)66-68(61,62)65-57(51)53)43-30-27-36(2)50(32-43)40-18-10-17-39(31-40)47-22-12-24-49-48-23-11-21-46(37-13-4-3-5-14-37)55(48)63-67(59,60)64-56(47)49/h3-34H,1-2H3,(H,59,60)(H,61,62). The summed E-state index contributed by atoms with van der Waals surface area (Å²) < 4.78 is 52.5. The van der Waals surface area contributed by atoms with E-state index < -0.39 is 15.6 Å². The number of hydrogen-bond acceptors (Lipinski definition) is 6. The molecule has 10 aromatic rings. The van der Waals surface area contributed by atoms with Crippen LogP contribution < -0.4 is 18.1 Å². The summed E-state index contributed by atoms with van der Waals surface area (Å²) in [5.74, 6) is 1.01. The Morgan fingerprint density at radius 3 is 1.34 bits per heavy atom. The molecule has 0 radical (unpaired) electrons. The molecule has 2 heterocycles. The maximum Gasteiger partial charge on any atom is 0.584 e. The molecule has 12 rings (SSSR count). The SMILES string of the molecule is Cc1ccc(-c2cc3ccccc3c3c2OP(=O)(O)Oc2c(-c4ccc(C)c(-c5cccc(-c6cccc7c6OP(=O)(O)Oc6c(-c8ccccc8)cccc6-7)c5)c4)cc4ccccc4c2-3)cc1. The second-order valence-electron chi connectivity index (χ2n) is 17.2. The molecule has 2 aliphatic rings. The van der Waals surface area contributed by atoms with Crippen molar-refractivity contribution in [3.63, 3.8) is 0 Å². The van der Waals surface area contributed by atoms with E-state index in [1.54, 1.807) is 0 Å². The van der Waals surface area contributed by atoms with Crippen molar-refractivity contribution < 1.29 is 37.0 Å². The van der Waals surface area contributed by atoms with Crippen molar-refractivity contribution in [3.05, 3.63) is 205 Å². The third kappa shape index (κ3) is 7.18. The lowest BCUT2D eigenvalue weighted by molar-refractivity contribution is 0.293. The minimum absolute atomic E-state index is 0.231. The predicted octanol–water partition coefficient (Wildman–Crippen LogP) is 16.0. The van der Waals surface area contributed by atoms with Gasteiger partial charge in [0.1, 0.15) is 23.0 Å². The molecule has 2 aliphatic heterocycles. The Labute approximate surface area is 392 Å². The second kappa shape index (κ2) is 16.0. The summed E-state index contributed by atoms with van der Waals surface area (Å²) in [4.78, 5) is 22.9. The molecule has 10 aromatic carbocycles. The van der Waals surface area contributed by atoms with Crippen molar-refractivity contribution >= 4 is 37.2 Å². The molecule has 0 spiro atoms. The van der Waals surface area contributed by atoms with E-state index in [2.05, 4.69) is 6.07 Å². The van der Waals surface area contributed by atoms with Gasteiger partial charge in [0.15, 0.2) is 0 Å². The zero-order valence-electron chi connectivity index (χ0n) is 36.7. The number of benzene rings is 10. The molecule has 2 unspecified atom stereocenters. The Balaban J connectivity index is 1.03. The molecule has 0 saturated heterocycles. The van der Waals surface area contributed by atoms with Gasteiger partial charge in [-0.15, -0.1) is 0 Å². The largest absolute Gasteiger partial charge is 0.584 e. The van der Waals surface area contributed by atoms with Gasteiger partial charge in [0.2, 0.25) is 0 Å². The lowest BCUT2D eigenvalue weighted by Crippen LogP contribution is -2.00. The lowest BCUT2D eigenvalue weighted by Gasteiger charge is -2.19. The van der Waals surface area contributed by atoms with Gasteiger partial charge in [0, 0.05) is 44.5 Å². The van der Waals surface area contributed by atoms with Crippen molar-refractivity contribution in [2.45, 2.75) is 13.8 Å². The highest BCUT2D eigenvalue weighted by molar-refractivity contribution is 7.48. The lowest BCUT2D eigenvalue weighted by atomic mass is 9.85. The fourth-order valence-electron chi connectivity index (χ4n) is 9.73. The molecule has 2 N–H and O–H groups in total. The number of rotatable bonds is 5. The van der Waals surface area contributed by atoms with Crippen LogP contribution in [0.5, 0.6) is 23.0 Å². The van der Waals surface area contributed by atoms with Gasteiger partial charge in [-0.05, 0) is 98.6 Å². The number of hydrogen-bond donors (Lipinski definition) is 2. The minimum atomic E-state index is -4.79. The average Bonchev–Trinajstić information content (AvgIpc) is 3.56. The molecule has 10 heteroatoms. The van der Waals surface area contributed by atoms with Gasteiger partial charge in [-0.25, -0.2) is 9.13 Å². The summed E-state index contributed by atoms with van der Waals surface area (Å²) in [7, 11) is -9.46. The van der Waals surface area contributed by atoms with Gasteiger partial charge < -0.3 is 18.1 Å². The van der Waals surface area contributed by atoms with Gasteiger partial charge in [0.25, 0.3) is 0 Å². The zero-order chi connectivity index (χ0) is 46.3. The maximum atomic E-state index is 14.4. The number of phosphoric acid groups is 2. The molecule has 2 atom stereocenters. The smallest absolute Gasteiger partial charge is 0.394 e. The van der Waals surface area contributed by atoms with E-state index in [9.17, 15) is 18.9 Å². The molecule has 0 saturated carbocycles. The van der Waals surface area contributed by atoms with Crippen LogP contribution in [0.15, 0.2) is 194 Å². The van der Waals surface area contributed by atoms with Gasteiger partial charge >= 0.3 is 15.6 Å². The zero-order valence-corrected chi connectivity index (χ0v) is 38.5. The minimum Gasteiger partial charge on any atom is -0.394 e. The first-order valence-corrected chi connectivity index (χ1v) is 25.1. The van der Waals surface area contributed by atoms with Crippen LogP contribution in [0, 0.1) is 13.8 Å². The van der Waals surface area contributed by atoms with Crippen LogP contribution in [0.1, 0.15) is 11.1 Å². The third-order valence-corrected chi connectivity index (χ3v) is 14.5. The third-order valence-electron chi connectivity index (χ3n) is 12.9. The highest BCUT2D eigenvalue weighted by Gasteiger charge is 2.38. The summed E-state index contributed by atoms with van der Waals surface area (Å²) in [6.07, 6.45) is 0. The van der Waals surface area contributed by atoms with E-state index in [4.69, 9.17) is 18.1 Å². The molecular weight excluding hydrogens is 887 g/mol. The van der Waals surface area contributed by atoms with Crippen LogP contribution in [0.3, 0.4) is 0 Å². The molecule has 0 amide bonds. The quantitative estimate of drug-likeness (QED) is 0.164. The molecule has 0 aliphatic carbocycles. The highest BCUT2D eigenvalue weighted by atomic mass is 31.2. The van der Waals surface area contributed by atoms with Gasteiger partial charge in [-0.1, -0.05) is 175 Å². The summed E-state index contributed by atoms with van der Waals surface area (Å²) in [5.41, 5.74) is 12.1. The number of aryl methyl sites for hydroxylation is 2. The summed E-state index contributed by atoms with van der Waals surface area (Å²) in [6, 6.07) is 62.9. The van der Waals surface area contributed by atoms with Crippen LogP contribution in [-0.2, 0) is 9.13 Å². The highest BCUT2D eigenvalue weighted by Crippen LogP contribution is 2.62. The van der Waals surface area contributed by atoms with Crippen LogP contribution in [0.25, 0.3) is 99.4 Å². The molecule has 0 fully saturated rings. The first kappa shape index (κ1) is 41.7. The first-order chi connectivity index (χ1) is 33.0. The fourth-order valence-corrected chi connectivity index (χ4v) is 11.5. The van der Waals surface area contributed by atoms with Crippen LogP contribution in [0.4, 0.5) is 0 Å². The monoisotopic (exact) mass is 926 g/mol. The molecule has 8 nitrogen and oxygen atoms in total. The molecule has 0 aromatic heterocycles. The number of para-hydroxylation sites is 2. The Kier molecular flexibility index (Phi) is 9.80. The number of phosphoric ester groups is 2. The van der Waals surface area contributed by atoms with E-state index >= 15 is 0 Å². The Morgan fingerprint density at radius 2 is 0.750 bits per heavy atom. The van der Waals surface area contributed by atoms with E-state index in [1.807, 2.05) is 202 Å². The van der Waals surface area contributed by atoms with Gasteiger partial charge in [-0.3, -0.25) is 9.79 Å². The van der Waals surface area contributed by atoms with Crippen molar-refractivity contribution in [3.8, 4) is 101 Å². The summed E-state index contributed by atoms with van der Waals surface area (Å²) in [6.45, 7) is 4.05. The molecule has 0 bridgehead atoms. The maximum absolute atomic E-state index is 14.4. The van der Waals surface area contributed by atoms with E-state index in [0.29, 0.717) is 44.5 Å². The Hall–Kier alpha value is -7.70. The van der Waals surface area contributed by atoms with Crippen molar-refractivity contribution in [2.24, 2.45) is 0 Å². The molecule has 68 heavy (non-hydrogen) atoms. The van der Waals surface area contributed by atoms with E-state index in [0.717, 1.165) is 66.1 Å². The predicted molar refractivity (Wildman–Crippen MR) is 271 cm³/mol. The van der Waals surface area contributed by atoms with Crippen LogP contribution in [-0.4, -0.2) is 9.79 Å². The van der Waals surface area contributed by atoms with Crippen LogP contribution >= 0.6 is 15.6 Å². The van der Waals surface area contributed by atoms with Crippen LogP contribution in [0.2, 0.25) is 0 Å². The topological polar surface area (TPSA) is 112 Å². The normalized spacial score (nSPS) is 16.9. The van der Waals surface area contributed by atoms with Crippen molar-refractivity contribution in [1.82, 2.24) is 0 Å². The van der Waals surface area contributed by atoms with Gasteiger partial charge in [0.05, 0.1) is 0 Å². The second-order valence-corrected chi connectivity index (χ2v) is 19.8. The summed E-state index contributed by atoms with van der Waals surface area (Å²) in [5, 5.41) is 3.53. The first-order valence-electron chi connectivity index (χ1n) is 22.2. The van der Waals surface area contributed by atoms with E-state index in [1.165, 1.54) is 0 Å². The molecular formula is C58H40O8P2. The van der Waals surface area contributed by atoms with Crippen molar-refractivity contribution in [2.75, 3.05) is 0 Å². The molecule has 330 valence electrons. The average molecular weight is 927 g/mol. The number of fused-ring (bicyclic) bond motifs is 10. The van der Waals surface area contributed by atoms with Gasteiger partial charge in [-0.2, -0.15) is 0 Å². The Bertz CT molecular complexity index is 3810. The summed E-state index contributed by atoms with van der Waals surface area (Å²) >= 11 is 0. The van der Waals surface area contributed by atoms with E-state index in [-0.39, 0.29) is 23.0 Å². The Morgan fingerprint density at radius 1 is 0.338 bits per heavy atom. The fraction of sp³-hybridized carbons (Fsp3) is 0.0345. The van der Waals surface area contributed by atoms with Crippen molar-refractivity contribution in [1.29, 1.82) is 0 Å².